The van der Waals surface area contributed by atoms with Crippen LogP contribution in [-0.4, -0.2) is 43.8 Å². The first kappa shape index (κ1) is 24.0. The lowest BCUT2D eigenvalue weighted by Gasteiger charge is -2.61. The van der Waals surface area contributed by atoms with E-state index in [0.29, 0.717) is 30.0 Å². The van der Waals surface area contributed by atoms with Gasteiger partial charge in [-0.1, -0.05) is 19.0 Å². The Morgan fingerprint density at radius 3 is 2.66 bits per heavy atom. The highest BCUT2D eigenvalue weighted by atomic mass is 35.5. The SMILES string of the molecule is COC(=O)[C@@H]1CC2CC(=NOC3CCNC3)CC[C@]2(C)[C@H]2CC[C@]3(C)C(=O)CC[C@H]3[C@H]12.Cl. The van der Waals surface area contributed by atoms with Crippen molar-refractivity contribution in [1.29, 1.82) is 0 Å². The number of esters is 1. The fourth-order valence-corrected chi connectivity index (χ4v) is 8.19. The molecule has 5 rings (SSSR count). The highest BCUT2D eigenvalue weighted by Crippen LogP contribution is 2.66. The maximum atomic E-state index is 13.0. The van der Waals surface area contributed by atoms with Crippen LogP contribution in [0, 0.1) is 40.4 Å². The van der Waals surface area contributed by atoms with E-state index < -0.39 is 0 Å². The average Bonchev–Trinajstić information content (AvgIpc) is 3.39. The molecule has 0 bridgehead atoms. The highest BCUT2D eigenvalue weighted by molar-refractivity contribution is 5.88. The molecular weight excluding hydrogens is 428 g/mol. The van der Waals surface area contributed by atoms with E-state index in [1.165, 1.54) is 7.11 Å². The summed E-state index contributed by atoms with van der Waals surface area (Å²) < 4.78 is 5.32. The summed E-state index contributed by atoms with van der Waals surface area (Å²) in [5, 5.41) is 7.89. The van der Waals surface area contributed by atoms with Crippen molar-refractivity contribution in [3.63, 3.8) is 0 Å². The van der Waals surface area contributed by atoms with Crippen LogP contribution in [0.25, 0.3) is 0 Å². The Labute approximate surface area is 198 Å². The van der Waals surface area contributed by atoms with Gasteiger partial charge >= 0.3 is 5.97 Å². The van der Waals surface area contributed by atoms with Crippen LogP contribution in [0.3, 0.4) is 0 Å². The summed E-state index contributed by atoms with van der Waals surface area (Å²) in [7, 11) is 1.52. The first-order valence-electron chi connectivity index (χ1n) is 12.4. The lowest BCUT2D eigenvalue weighted by Crippen LogP contribution is -2.58. The van der Waals surface area contributed by atoms with E-state index in [-0.39, 0.29) is 47.1 Å². The summed E-state index contributed by atoms with van der Waals surface area (Å²) in [6, 6.07) is 0. The van der Waals surface area contributed by atoms with E-state index >= 15 is 0 Å². The molecule has 5 fully saturated rings. The van der Waals surface area contributed by atoms with Gasteiger partial charge in [-0.15, -0.1) is 12.4 Å². The molecule has 7 heteroatoms. The number of Topliss-reactive ketones (excluding diaryl/α,β-unsaturated/α-hetero) is 1. The van der Waals surface area contributed by atoms with E-state index in [4.69, 9.17) is 9.57 Å². The van der Waals surface area contributed by atoms with Crippen LogP contribution in [0.2, 0.25) is 0 Å². The minimum absolute atomic E-state index is 0. The Bertz CT molecular complexity index is 782. The molecule has 32 heavy (non-hydrogen) atoms. The molecule has 8 atom stereocenters. The maximum Gasteiger partial charge on any atom is 0.308 e. The Morgan fingerprint density at radius 1 is 1.12 bits per heavy atom. The third-order valence-electron chi connectivity index (χ3n) is 10.1. The van der Waals surface area contributed by atoms with Crippen LogP contribution in [0.5, 0.6) is 0 Å². The van der Waals surface area contributed by atoms with E-state index in [1.54, 1.807) is 0 Å². The molecule has 0 radical (unpaired) electrons. The number of nitrogens with zero attached hydrogens (tertiary/aromatic N) is 1. The number of ketones is 1. The van der Waals surface area contributed by atoms with Crippen molar-refractivity contribution in [3.8, 4) is 0 Å². The van der Waals surface area contributed by atoms with E-state index in [9.17, 15) is 9.59 Å². The predicted molar refractivity (Wildman–Crippen MR) is 125 cm³/mol. The molecule has 180 valence electrons. The van der Waals surface area contributed by atoms with Gasteiger partial charge in [0.15, 0.2) is 0 Å². The molecule has 4 saturated carbocycles. The van der Waals surface area contributed by atoms with Crippen molar-refractivity contribution < 1.29 is 19.2 Å². The number of carbonyl (C=O) groups is 2. The van der Waals surface area contributed by atoms with Crippen LogP contribution >= 0.6 is 12.4 Å². The molecule has 6 nitrogen and oxygen atoms in total. The third kappa shape index (κ3) is 3.70. The van der Waals surface area contributed by atoms with Crippen molar-refractivity contribution in [2.45, 2.75) is 77.7 Å². The Morgan fingerprint density at radius 2 is 1.94 bits per heavy atom. The zero-order valence-electron chi connectivity index (χ0n) is 19.7. The van der Waals surface area contributed by atoms with Crippen molar-refractivity contribution in [3.05, 3.63) is 0 Å². The summed E-state index contributed by atoms with van der Waals surface area (Å²) >= 11 is 0. The van der Waals surface area contributed by atoms with E-state index in [0.717, 1.165) is 70.2 Å². The van der Waals surface area contributed by atoms with Gasteiger partial charge in [0.2, 0.25) is 0 Å². The summed E-state index contributed by atoms with van der Waals surface area (Å²) in [5.74, 6) is 1.77. The minimum atomic E-state index is -0.235. The first-order valence-corrected chi connectivity index (χ1v) is 12.4. The minimum Gasteiger partial charge on any atom is -0.469 e. The molecule has 0 aromatic carbocycles. The van der Waals surface area contributed by atoms with Gasteiger partial charge in [0.1, 0.15) is 11.9 Å². The van der Waals surface area contributed by atoms with Crippen molar-refractivity contribution in [2.75, 3.05) is 20.2 Å². The van der Waals surface area contributed by atoms with Crippen molar-refractivity contribution >= 4 is 29.9 Å². The van der Waals surface area contributed by atoms with Crippen LogP contribution in [0.15, 0.2) is 5.16 Å². The van der Waals surface area contributed by atoms with Crippen LogP contribution < -0.4 is 5.32 Å². The van der Waals surface area contributed by atoms with Gasteiger partial charge in [-0.05, 0) is 80.6 Å². The molecule has 0 amide bonds. The summed E-state index contributed by atoms with van der Waals surface area (Å²) in [6.07, 6.45) is 8.75. The number of methoxy groups -OCH3 is 1. The molecule has 0 aromatic rings. The van der Waals surface area contributed by atoms with E-state index in [1.807, 2.05) is 0 Å². The molecule has 1 saturated heterocycles. The van der Waals surface area contributed by atoms with Crippen molar-refractivity contribution in [1.82, 2.24) is 5.32 Å². The molecule has 0 spiro atoms. The van der Waals surface area contributed by atoms with Crippen molar-refractivity contribution in [2.24, 2.45) is 45.6 Å². The number of halogens is 1. The fourth-order valence-electron chi connectivity index (χ4n) is 8.19. The fraction of sp³-hybridized carbons (Fsp3) is 0.880. The maximum absolute atomic E-state index is 13.0. The Kier molecular flexibility index (Phi) is 6.68. The second kappa shape index (κ2) is 8.90. The van der Waals surface area contributed by atoms with Crippen LogP contribution in [0.1, 0.15) is 71.6 Å². The number of hydrogen-bond acceptors (Lipinski definition) is 6. The van der Waals surface area contributed by atoms with Gasteiger partial charge in [0.25, 0.3) is 0 Å². The summed E-state index contributed by atoms with van der Waals surface area (Å²) in [5.41, 5.74) is 1.13. The molecular formula is C25H39ClN2O4. The van der Waals surface area contributed by atoms with Crippen LogP contribution in [0.4, 0.5) is 0 Å². The number of rotatable bonds is 3. The van der Waals surface area contributed by atoms with Crippen LogP contribution in [-0.2, 0) is 19.2 Å². The smallest absolute Gasteiger partial charge is 0.308 e. The van der Waals surface area contributed by atoms with Gasteiger partial charge < -0.3 is 14.9 Å². The second-order valence-corrected chi connectivity index (χ2v) is 11.4. The van der Waals surface area contributed by atoms with Gasteiger partial charge in [-0.2, -0.15) is 0 Å². The molecule has 1 N–H and O–H groups in total. The van der Waals surface area contributed by atoms with Gasteiger partial charge in [0, 0.05) is 24.8 Å². The molecule has 1 heterocycles. The van der Waals surface area contributed by atoms with E-state index in [2.05, 4.69) is 24.3 Å². The third-order valence-corrected chi connectivity index (χ3v) is 10.1. The summed E-state index contributed by atoms with van der Waals surface area (Å²) in [4.78, 5) is 31.6. The number of carbonyl (C=O) groups excluding carboxylic acids is 2. The normalized spacial score (nSPS) is 46.6. The summed E-state index contributed by atoms with van der Waals surface area (Å²) in [6.45, 7) is 6.52. The lowest BCUT2D eigenvalue weighted by molar-refractivity contribution is -0.171. The van der Waals surface area contributed by atoms with Gasteiger partial charge in [-0.25, -0.2) is 0 Å². The topological polar surface area (TPSA) is 77.0 Å². The standard InChI is InChI=1S/C25H38N2O4.ClH/c1-24-9-6-16(27-31-17-8-11-26-14-17)12-15(24)13-18(23(29)30-3)22-19-4-5-21(28)25(19,2)10-7-20(22)24;/h15,17-20,22,26H,4-14H2,1-3H3;1H/t15?,17?,18-,19+,20+,22+,24+,25+;/m1./s1. The zero-order chi connectivity index (χ0) is 21.8. The number of oxime groups is 1. The number of nitrogens with one attached hydrogen (secondary N) is 1. The Balaban J connectivity index is 0.00000245. The zero-order valence-corrected chi connectivity index (χ0v) is 20.5. The number of fused-ring (bicyclic) bond motifs is 5. The number of hydrogen-bond donors (Lipinski definition) is 1. The van der Waals surface area contributed by atoms with Gasteiger partial charge in [-0.3, -0.25) is 9.59 Å². The highest BCUT2D eigenvalue weighted by Gasteiger charge is 2.63. The number of ether oxygens (including phenoxy) is 1. The monoisotopic (exact) mass is 466 g/mol. The Hall–Kier alpha value is -1.14. The molecule has 4 aliphatic carbocycles. The largest absolute Gasteiger partial charge is 0.469 e. The first-order chi connectivity index (χ1) is 14.9. The molecule has 2 unspecified atom stereocenters. The quantitative estimate of drug-likeness (QED) is 0.499. The lowest BCUT2D eigenvalue weighted by atomic mass is 9.43. The molecule has 0 aromatic heterocycles. The average molecular weight is 467 g/mol. The molecule has 5 aliphatic rings. The second-order valence-electron chi connectivity index (χ2n) is 11.4. The van der Waals surface area contributed by atoms with Gasteiger partial charge in [0.05, 0.1) is 18.7 Å². The molecule has 1 aliphatic heterocycles. The predicted octanol–water partition coefficient (Wildman–Crippen LogP) is 4.15.